The molecule has 0 saturated carbocycles. The third kappa shape index (κ3) is 5.22. The molecule has 2 N–H and O–H groups in total. The maximum atomic E-state index is 12.9. The number of nitrogens with zero attached hydrogens (tertiary/aromatic N) is 3. The summed E-state index contributed by atoms with van der Waals surface area (Å²) in [6, 6.07) is 18.5. The molecule has 186 valence electrons. The van der Waals surface area contributed by atoms with Gasteiger partial charge in [-0.3, -0.25) is 4.40 Å². The minimum atomic E-state index is -4.49. The van der Waals surface area contributed by atoms with Gasteiger partial charge in [-0.15, -0.1) is 0 Å². The van der Waals surface area contributed by atoms with Gasteiger partial charge < -0.3 is 15.4 Å². The van der Waals surface area contributed by atoms with E-state index in [9.17, 15) is 18.0 Å². The van der Waals surface area contributed by atoms with Crippen LogP contribution in [0.15, 0.2) is 91.4 Å². The lowest BCUT2D eigenvalue weighted by atomic mass is 10.1. The van der Waals surface area contributed by atoms with Crippen LogP contribution in [0.2, 0.25) is 0 Å². The van der Waals surface area contributed by atoms with Crippen LogP contribution in [0.3, 0.4) is 0 Å². The molecular formula is C27H20F3N5O2. The van der Waals surface area contributed by atoms with E-state index in [0.29, 0.717) is 11.6 Å². The molecule has 10 heteroatoms. The van der Waals surface area contributed by atoms with Crippen LogP contribution in [0.1, 0.15) is 5.56 Å². The third-order valence-corrected chi connectivity index (χ3v) is 5.68. The zero-order chi connectivity index (χ0) is 26.0. The monoisotopic (exact) mass is 503 g/mol. The number of urea groups is 1. The van der Waals surface area contributed by atoms with Gasteiger partial charge in [-0.2, -0.15) is 13.2 Å². The summed E-state index contributed by atoms with van der Waals surface area (Å²) in [6.45, 7) is 0. The average molecular weight is 503 g/mol. The molecule has 0 radical (unpaired) electrons. The highest BCUT2D eigenvalue weighted by atomic mass is 19.4. The predicted molar refractivity (Wildman–Crippen MR) is 134 cm³/mol. The quantitative estimate of drug-likeness (QED) is 0.279. The molecule has 0 unspecified atom stereocenters. The molecular weight excluding hydrogens is 483 g/mol. The number of amides is 2. The number of rotatable bonds is 5. The van der Waals surface area contributed by atoms with Gasteiger partial charge in [0, 0.05) is 41.0 Å². The SMILES string of the molecule is COc1ccc(-c2ccn3c(-c4ccc(NC(=O)Nc5cccc(C(F)(F)F)c5)cc4)cnc3c2)cn1. The minimum absolute atomic E-state index is 0.0412. The summed E-state index contributed by atoms with van der Waals surface area (Å²) in [6.07, 6.45) is 0.930. The molecule has 3 heterocycles. The summed E-state index contributed by atoms with van der Waals surface area (Å²) in [5.74, 6) is 0.541. The number of halogens is 3. The number of anilines is 2. The van der Waals surface area contributed by atoms with Gasteiger partial charge in [0.05, 0.1) is 24.6 Å². The van der Waals surface area contributed by atoms with E-state index in [1.54, 1.807) is 37.7 Å². The molecule has 2 amide bonds. The van der Waals surface area contributed by atoms with Gasteiger partial charge in [0.1, 0.15) is 5.65 Å². The fraction of sp³-hybridized carbons (Fsp3) is 0.0741. The number of aromatic nitrogens is 3. The Kier molecular flexibility index (Phi) is 6.22. The van der Waals surface area contributed by atoms with Crippen molar-refractivity contribution in [1.29, 1.82) is 0 Å². The average Bonchev–Trinajstić information content (AvgIpc) is 3.32. The summed E-state index contributed by atoms with van der Waals surface area (Å²) < 4.78 is 45.7. The van der Waals surface area contributed by atoms with Crippen molar-refractivity contribution in [2.45, 2.75) is 6.18 Å². The Labute approximate surface area is 209 Å². The van der Waals surface area contributed by atoms with E-state index < -0.39 is 17.8 Å². The first-order valence-electron chi connectivity index (χ1n) is 11.1. The summed E-state index contributed by atoms with van der Waals surface area (Å²) in [5, 5.41) is 5.04. The van der Waals surface area contributed by atoms with E-state index in [0.717, 1.165) is 40.2 Å². The van der Waals surface area contributed by atoms with Crippen LogP contribution in [-0.4, -0.2) is 27.5 Å². The first-order valence-corrected chi connectivity index (χ1v) is 11.1. The van der Waals surface area contributed by atoms with E-state index in [4.69, 9.17) is 4.74 Å². The summed E-state index contributed by atoms with van der Waals surface area (Å²) in [4.78, 5) is 21.0. The number of hydrogen-bond donors (Lipinski definition) is 2. The number of fused-ring (bicyclic) bond motifs is 1. The van der Waals surface area contributed by atoms with E-state index >= 15 is 0 Å². The van der Waals surface area contributed by atoms with Crippen molar-refractivity contribution in [2.24, 2.45) is 0 Å². The molecule has 0 atom stereocenters. The normalized spacial score (nSPS) is 11.4. The van der Waals surface area contributed by atoms with Gasteiger partial charge in [-0.25, -0.2) is 14.8 Å². The second-order valence-corrected chi connectivity index (χ2v) is 8.11. The van der Waals surface area contributed by atoms with Crippen LogP contribution in [0.4, 0.5) is 29.3 Å². The zero-order valence-corrected chi connectivity index (χ0v) is 19.5. The van der Waals surface area contributed by atoms with Gasteiger partial charge in [0.25, 0.3) is 0 Å². The van der Waals surface area contributed by atoms with Crippen molar-refractivity contribution in [2.75, 3.05) is 17.7 Å². The summed E-state index contributed by atoms with van der Waals surface area (Å²) >= 11 is 0. The van der Waals surface area contributed by atoms with Crippen LogP contribution >= 0.6 is 0 Å². The van der Waals surface area contributed by atoms with Gasteiger partial charge in [-0.1, -0.05) is 18.2 Å². The third-order valence-electron chi connectivity index (χ3n) is 5.68. The molecule has 0 aliphatic carbocycles. The second-order valence-electron chi connectivity index (χ2n) is 8.11. The summed E-state index contributed by atoms with van der Waals surface area (Å²) in [5.41, 5.74) is 4.07. The number of hydrogen-bond acceptors (Lipinski definition) is 4. The van der Waals surface area contributed by atoms with Crippen LogP contribution < -0.4 is 15.4 Å². The highest BCUT2D eigenvalue weighted by molar-refractivity contribution is 5.99. The van der Waals surface area contributed by atoms with Gasteiger partial charge in [-0.05, 0) is 54.1 Å². The Balaban J connectivity index is 1.29. The zero-order valence-electron chi connectivity index (χ0n) is 19.5. The number of benzene rings is 2. The number of carbonyl (C=O) groups is 1. The molecule has 0 aliphatic rings. The molecule has 0 aliphatic heterocycles. The highest BCUT2D eigenvalue weighted by Gasteiger charge is 2.30. The number of carbonyl (C=O) groups excluding carboxylic acids is 1. The Morgan fingerprint density at radius 3 is 2.30 bits per heavy atom. The smallest absolute Gasteiger partial charge is 0.416 e. The Bertz CT molecular complexity index is 1560. The number of methoxy groups -OCH3 is 1. The highest BCUT2D eigenvalue weighted by Crippen LogP contribution is 2.31. The molecule has 0 spiro atoms. The Morgan fingerprint density at radius 1 is 0.838 bits per heavy atom. The number of imidazole rings is 1. The van der Waals surface area contributed by atoms with Crippen molar-refractivity contribution in [3.63, 3.8) is 0 Å². The first kappa shape index (κ1) is 23.9. The van der Waals surface area contributed by atoms with Crippen molar-refractivity contribution < 1.29 is 22.7 Å². The molecule has 5 rings (SSSR count). The minimum Gasteiger partial charge on any atom is -0.481 e. The van der Waals surface area contributed by atoms with Gasteiger partial charge in [0.2, 0.25) is 5.88 Å². The fourth-order valence-electron chi connectivity index (χ4n) is 3.84. The van der Waals surface area contributed by atoms with E-state index in [2.05, 4.69) is 20.6 Å². The molecule has 7 nitrogen and oxygen atoms in total. The van der Waals surface area contributed by atoms with Gasteiger partial charge >= 0.3 is 12.2 Å². The number of ether oxygens (including phenoxy) is 1. The number of pyridine rings is 2. The van der Waals surface area contributed by atoms with Crippen molar-refractivity contribution >= 4 is 23.1 Å². The lowest BCUT2D eigenvalue weighted by molar-refractivity contribution is -0.137. The molecule has 37 heavy (non-hydrogen) atoms. The van der Waals surface area contributed by atoms with Crippen LogP contribution in [-0.2, 0) is 6.18 Å². The van der Waals surface area contributed by atoms with Crippen LogP contribution in [0.25, 0.3) is 28.0 Å². The van der Waals surface area contributed by atoms with Crippen LogP contribution in [0, 0.1) is 0 Å². The number of alkyl halides is 3. The maximum Gasteiger partial charge on any atom is 0.416 e. The Morgan fingerprint density at radius 2 is 1.59 bits per heavy atom. The molecule has 3 aromatic heterocycles. The van der Waals surface area contributed by atoms with Crippen molar-refractivity contribution in [1.82, 2.24) is 14.4 Å². The molecule has 2 aromatic carbocycles. The van der Waals surface area contributed by atoms with E-state index in [1.807, 2.05) is 40.9 Å². The topological polar surface area (TPSA) is 80.5 Å². The van der Waals surface area contributed by atoms with Crippen molar-refractivity contribution in [3.05, 3.63) is 97.0 Å². The lowest BCUT2D eigenvalue weighted by Gasteiger charge is -2.11. The number of nitrogens with one attached hydrogen (secondary N) is 2. The van der Waals surface area contributed by atoms with Crippen LogP contribution in [0.5, 0.6) is 5.88 Å². The van der Waals surface area contributed by atoms with Gasteiger partial charge in [0.15, 0.2) is 0 Å². The largest absolute Gasteiger partial charge is 0.481 e. The lowest BCUT2D eigenvalue weighted by Crippen LogP contribution is -2.19. The molecule has 0 bridgehead atoms. The molecule has 0 saturated heterocycles. The van der Waals surface area contributed by atoms with Crippen molar-refractivity contribution in [3.8, 4) is 28.3 Å². The van der Waals surface area contributed by atoms with E-state index in [-0.39, 0.29) is 5.69 Å². The summed E-state index contributed by atoms with van der Waals surface area (Å²) in [7, 11) is 1.57. The predicted octanol–water partition coefficient (Wildman–Crippen LogP) is 6.73. The molecule has 0 fully saturated rings. The second kappa shape index (κ2) is 9.65. The Hall–Kier alpha value is -4.86. The maximum absolute atomic E-state index is 12.9. The standard InChI is InChI=1S/C27H20F3N5O2/c1-37-25-10-7-19(15-32-25)18-11-12-35-23(16-31-24(35)13-18)17-5-8-21(9-6-17)33-26(36)34-22-4-2-3-20(14-22)27(28,29)30/h2-16H,1H3,(H2,33,34,36). The first-order chi connectivity index (χ1) is 17.8. The van der Waals surface area contributed by atoms with E-state index in [1.165, 1.54) is 12.1 Å². The fourth-order valence-corrected chi connectivity index (χ4v) is 3.84. The molecule has 5 aromatic rings.